The van der Waals surface area contributed by atoms with Crippen molar-refractivity contribution in [2.45, 2.75) is 0 Å². The Labute approximate surface area is 126 Å². The average molecular weight is 302 g/mol. The number of hydrazone groups is 1. The van der Waals surface area contributed by atoms with Gasteiger partial charge in [0.15, 0.2) is 5.76 Å². The molecule has 0 unspecified atom stereocenters. The van der Waals surface area contributed by atoms with Crippen LogP contribution >= 0.6 is 0 Å². The van der Waals surface area contributed by atoms with Crippen molar-refractivity contribution >= 4 is 23.7 Å². The van der Waals surface area contributed by atoms with Crippen molar-refractivity contribution in [1.82, 2.24) is 5.43 Å². The van der Waals surface area contributed by atoms with E-state index in [9.17, 15) is 14.9 Å². The molecule has 1 aromatic carbocycles. The third-order valence-electron chi connectivity index (χ3n) is 2.80. The lowest BCUT2D eigenvalue weighted by molar-refractivity contribution is -0.402. The van der Waals surface area contributed by atoms with Crippen molar-refractivity contribution in [3.05, 3.63) is 57.8 Å². The second-order valence-corrected chi connectivity index (χ2v) is 4.57. The molecule has 114 valence electrons. The normalized spacial score (nSPS) is 10.6. The molecule has 2 aromatic rings. The number of carbonyl (C=O) groups is 1. The Hall–Kier alpha value is -3.16. The summed E-state index contributed by atoms with van der Waals surface area (Å²) in [6.45, 7) is 0. The summed E-state index contributed by atoms with van der Waals surface area (Å²) < 4.78 is 4.87. The monoisotopic (exact) mass is 302 g/mol. The second-order valence-electron chi connectivity index (χ2n) is 4.57. The molecule has 0 bridgehead atoms. The lowest BCUT2D eigenvalue weighted by atomic mass is 10.2. The highest BCUT2D eigenvalue weighted by Crippen LogP contribution is 2.14. The summed E-state index contributed by atoms with van der Waals surface area (Å²) in [4.78, 5) is 23.6. The molecule has 0 saturated carbocycles. The first-order valence-electron chi connectivity index (χ1n) is 6.32. The summed E-state index contributed by atoms with van der Waals surface area (Å²) in [5, 5.41) is 14.1. The van der Waals surface area contributed by atoms with Gasteiger partial charge in [-0.3, -0.25) is 14.9 Å². The van der Waals surface area contributed by atoms with Crippen molar-refractivity contribution in [2.75, 3.05) is 19.0 Å². The zero-order valence-electron chi connectivity index (χ0n) is 12.0. The predicted octanol–water partition coefficient (Wildman–Crippen LogP) is 2.02. The van der Waals surface area contributed by atoms with Gasteiger partial charge >= 0.3 is 5.88 Å². The van der Waals surface area contributed by atoms with Crippen LogP contribution in [0.15, 0.2) is 45.9 Å². The predicted molar refractivity (Wildman–Crippen MR) is 81.2 cm³/mol. The fourth-order valence-electron chi connectivity index (χ4n) is 1.64. The highest BCUT2D eigenvalue weighted by Gasteiger charge is 2.10. The minimum Gasteiger partial charge on any atom is -0.400 e. The van der Waals surface area contributed by atoms with Crippen LogP contribution in [-0.2, 0) is 0 Å². The molecular weight excluding hydrogens is 288 g/mol. The largest absolute Gasteiger partial charge is 0.433 e. The molecule has 1 aromatic heterocycles. The Balaban J connectivity index is 1.96. The van der Waals surface area contributed by atoms with Crippen LogP contribution < -0.4 is 10.3 Å². The molecule has 0 saturated heterocycles. The minimum absolute atomic E-state index is 0.176. The van der Waals surface area contributed by atoms with E-state index < -0.39 is 4.92 Å². The summed E-state index contributed by atoms with van der Waals surface area (Å²) in [6, 6.07) is 9.59. The van der Waals surface area contributed by atoms with Gasteiger partial charge < -0.3 is 9.32 Å². The van der Waals surface area contributed by atoms with Gasteiger partial charge in [0.05, 0.1) is 12.3 Å². The average Bonchev–Trinajstić information content (AvgIpc) is 2.96. The maximum Gasteiger partial charge on any atom is 0.433 e. The molecule has 8 nitrogen and oxygen atoms in total. The molecule has 1 amide bonds. The van der Waals surface area contributed by atoms with Gasteiger partial charge in [-0.05, 0) is 30.3 Å². The molecule has 8 heteroatoms. The van der Waals surface area contributed by atoms with Crippen LogP contribution in [0.1, 0.15) is 16.1 Å². The van der Waals surface area contributed by atoms with E-state index in [0.717, 1.165) is 5.69 Å². The zero-order chi connectivity index (χ0) is 16.1. The fraction of sp³-hybridized carbons (Fsp3) is 0.143. The Morgan fingerprint density at radius 2 is 1.95 bits per heavy atom. The first-order valence-corrected chi connectivity index (χ1v) is 6.32. The van der Waals surface area contributed by atoms with Gasteiger partial charge in [0, 0.05) is 25.3 Å². The smallest absolute Gasteiger partial charge is 0.400 e. The van der Waals surface area contributed by atoms with Crippen molar-refractivity contribution in [1.29, 1.82) is 0 Å². The quantitative estimate of drug-likeness (QED) is 0.517. The molecular formula is C14H14N4O4. The van der Waals surface area contributed by atoms with Crippen molar-refractivity contribution < 1.29 is 14.1 Å². The van der Waals surface area contributed by atoms with Gasteiger partial charge in [0.25, 0.3) is 5.91 Å². The molecule has 0 radical (unpaired) electrons. The van der Waals surface area contributed by atoms with E-state index >= 15 is 0 Å². The zero-order valence-corrected chi connectivity index (χ0v) is 12.0. The minimum atomic E-state index is -0.651. The van der Waals surface area contributed by atoms with E-state index in [0.29, 0.717) is 5.56 Å². The summed E-state index contributed by atoms with van der Waals surface area (Å²) in [7, 11) is 3.81. The number of furan rings is 1. The number of carbonyl (C=O) groups excluding carboxylic acids is 1. The Bertz CT molecular complexity index is 704. The highest BCUT2D eigenvalue weighted by molar-refractivity contribution is 5.95. The van der Waals surface area contributed by atoms with Crippen LogP contribution in [0.4, 0.5) is 11.6 Å². The van der Waals surface area contributed by atoms with Gasteiger partial charge in [-0.25, -0.2) is 5.43 Å². The van der Waals surface area contributed by atoms with Gasteiger partial charge in [0.1, 0.15) is 4.92 Å². The maximum absolute atomic E-state index is 11.9. The molecule has 0 aliphatic heterocycles. The summed E-state index contributed by atoms with van der Waals surface area (Å²) >= 11 is 0. The summed E-state index contributed by atoms with van der Waals surface area (Å²) in [5.74, 6) is -0.593. The van der Waals surface area contributed by atoms with E-state index in [4.69, 9.17) is 4.42 Å². The third kappa shape index (κ3) is 3.69. The van der Waals surface area contributed by atoms with Crippen LogP contribution in [0, 0.1) is 10.1 Å². The number of hydrogen-bond donors (Lipinski definition) is 1. The maximum atomic E-state index is 11.9. The number of hydrogen-bond acceptors (Lipinski definition) is 6. The third-order valence-corrected chi connectivity index (χ3v) is 2.80. The molecule has 0 atom stereocenters. The molecule has 22 heavy (non-hydrogen) atoms. The van der Waals surface area contributed by atoms with Gasteiger partial charge in [-0.2, -0.15) is 5.10 Å². The van der Waals surface area contributed by atoms with Gasteiger partial charge in [-0.15, -0.1) is 0 Å². The highest BCUT2D eigenvalue weighted by atomic mass is 16.6. The molecule has 0 aliphatic carbocycles. The van der Waals surface area contributed by atoms with Crippen molar-refractivity contribution in [2.24, 2.45) is 5.10 Å². The number of nitro groups is 1. The van der Waals surface area contributed by atoms with Crippen LogP contribution in [0.25, 0.3) is 0 Å². The molecule has 0 spiro atoms. The van der Waals surface area contributed by atoms with Gasteiger partial charge in [0.2, 0.25) is 0 Å². The number of amides is 1. The van der Waals surface area contributed by atoms with E-state index in [1.165, 1.54) is 18.3 Å². The van der Waals surface area contributed by atoms with Crippen LogP contribution in [0.2, 0.25) is 0 Å². The molecule has 0 fully saturated rings. The molecule has 1 heterocycles. The van der Waals surface area contributed by atoms with Crippen LogP contribution in [0.5, 0.6) is 0 Å². The van der Waals surface area contributed by atoms with E-state index in [2.05, 4.69) is 10.5 Å². The number of benzene rings is 1. The lowest BCUT2D eigenvalue weighted by Gasteiger charge is -2.12. The Morgan fingerprint density at radius 3 is 2.50 bits per heavy atom. The van der Waals surface area contributed by atoms with Gasteiger partial charge in [-0.1, -0.05) is 0 Å². The molecule has 2 rings (SSSR count). The SMILES string of the molecule is CN(C)c1ccc(C(=O)N/N=C/c2ccc([N+](=O)[O-])o2)cc1. The first kappa shape index (κ1) is 15.2. The number of rotatable bonds is 5. The Kier molecular flexibility index (Phi) is 4.52. The van der Waals surface area contributed by atoms with E-state index in [1.807, 2.05) is 31.1 Å². The number of nitrogens with one attached hydrogen (secondary N) is 1. The molecule has 1 N–H and O–H groups in total. The van der Waals surface area contributed by atoms with Crippen LogP contribution in [-0.4, -0.2) is 31.1 Å². The molecule has 0 aliphatic rings. The standard InChI is InChI=1S/C14H14N4O4/c1-17(2)11-5-3-10(4-6-11)14(19)16-15-9-12-7-8-13(22-12)18(20)21/h3-9H,1-2H3,(H,16,19)/b15-9+. The topological polar surface area (TPSA) is 101 Å². The fourth-order valence-corrected chi connectivity index (χ4v) is 1.64. The van der Waals surface area contributed by atoms with E-state index in [1.54, 1.807) is 12.1 Å². The lowest BCUT2D eigenvalue weighted by Crippen LogP contribution is -2.17. The summed E-state index contributed by atoms with van der Waals surface area (Å²) in [6.07, 6.45) is 1.19. The number of anilines is 1. The Morgan fingerprint density at radius 1 is 1.27 bits per heavy atom. The van der Waals surface area contributed by atoms with Crippen molar-refractivity contribution in [3.8, 4) is 0 Å². The second kappa shape index (κ2) is 6.53. The van der Waals surface area contributed by atoms with Crippen LogP contribution in [0.3, 0.4) is 0 Å². The van der Waals surface area contributed by atoms with E-state index in [-0.39, 0.29) is 17.6 Å². The first-order chi connectivity index (χ1) is 10.5. The summed E-state index contributed by atoms with van der Waals surface area (Å²) in [5.41, 5.74) is 3.75. The number of nitrogens with zero attached hydrogens (tertiary/aromatic N) is 3. The van der Waals surface area contributed by atoms with Crippen molar-refractivity contribution in [3.63, 3.8) is 0 Å².